The van der Waals surface area contributed by atoms with Gasteiger partial charge in [-0.05, 0) is 26.0 Å². The molecule has 0 fully saturated rings. The molecule has 1 heterocycles. The summed E-state index contributed by atoms with van der Waals surface area (Å²) in [5, 5.41) is 2.46. The van der Waals surface area contributed by atoms with E-state index in [1.807, 2.05) is 0 Å². The molecule has 0 spiro atoms. The fourth-order valence-corrected chi connectivity index (χ4v) is 1.06. The van der Waals surface area contributed by atoms with E-state index < -0.39 is 11.9 Å². The lowest BCUT2D eigenvalue weighted by Crippen LogP contribution is -2.34. The predicted octanol–water partition coefficient (Wildman–Crippen LogP) is 1.02. The number of carbonyl (C=O) groups is 2. The molecule has 5 heteroatoms. The lowest BCUT2D eigenvalue weighted by Gasteiger charge is -2.10. The Balaban J connectivity index is 2.48. The Morgan fingerprint density at radius 2 is 2.33 bits per heavy atom. The topological polar surface area (TPSA) is 68.5 Å². The number of hydrogen-bond donors (Lipinski definition) is 1. The molecular formula is C10H13NO4. The second-order valence-corrected chi connectivity index (χ2v) is 2.93. The molecule has 0 saturated carbocycles. The molecule has 15 heavy (non-hydrogen) atoms. The van der Waals surface area contributed by atoms with E-state index in [0.29, 0.717) is 5.76 Å². The highest BCUT2D eigenvalue weighted by atomic mass is 16.5. The number of furan rings is 1. The number of esters is 1. The van der Waals surface area contributed by atoms with Crippen molar-refractivity contribution in [1.29, 1.82) is 0 Å². The fraction of sp³-hybridized carbons (Fsp3) is 0.400. The van der Waals surface area contributed by atoms with Crippen molar-refractivity contribution < 1.29 is 18.7 Å². The Bertz CT molecular complexity index is 331. The Hall–Kier alpha value is -1.78. The van der Waals surface area contributed by atoms with Gasteiger partial charge in [-0.25, -0.2) is 4.79 Å². The largest absolute Gasteiger partial charge is 0.467 e. The summed E-state index contributed by atoms with van der Waals surface area (Å²) in [6, 6.07) is 3.08. The van der Waals surface area contributed by atoms with E-state index in [9.17, 15) is 9.59 Å². The number of amides is 1. The molecule has 1 atom stereocenters. The summed E-state index contributed by atoms with van der Waals surface area (Å²) in [5.74, 6) is -1.05. The molecule has 1 aromatic heterocycles. The van der Waals surface area contributed by atoms with Crippen LogP contribution in [0.15, 0.2) is 22.8 Å². The molecular weight excluding hydrogens is 198 g/mol. The van der Waals surface area contributed by atoms with E-state index in [1.165, 1.54) is 6.26 Å². The van der Waals surface area contributed by atoms with Crippen molar-refractivity contribution in [3.8, 4) is 0 Å². The van der Waals surface area contributed by atoms with E-state index >= 15 is 0 Å². The number of rotatable bonds is 3. The second-order valence-electron chi connectivity index (χ2n) is 2.93. The molecule has 5 nitrogen and oxygen atoms in total. The molecule has 0 aromatic carbocycles. The Labute approximate surface area is 87.4 Å². The maximum Gasteiger partial charge on any atom is 0.396 e. The summed E-state index contributed by atoms with van der Waals surface area (Å²) in [5.41, 5.74) is 0. The number of hydrogen-bond acceptors (Lipinski definition) is 4. The average Bonchev–Trinajstić information content (AvgIpc) is 2.70. The molecule has 0 aliphatic heterocycles. The lowest BCUT2D eigenvalue weighted by molar-refractivity contribution is -0.154. The van der Waals surface area contributed by atoms with Gasteiger partial charge < -0.3 is 14.5 Å². The highest BCUT2D eigenvalue weighted by Gasteiger charge is 2.18. The van der Waals surface area contributed by atoms with Crippen LogP contribution in [0.4, 0.5) is 0 Å². The van der Waals surface area contributed by atoms with E-state index in [1.54, 1.807) is 26.0 Å². The number of carbonyl (C=O) groups excluding carboxylic acids is 2. The summed E-state index contributed by atoms with van der Waals surface area (Å²) in [4.78, 5) is 22.2. The second kappa shape index (κ2) is 5.19. The average molecular weight is 211 g/mol. The molecule has 1 aromatic rings. The molecule has 0 bridgehead atoms. The van der Waals surface area contributed by atoms with E-state index in [0.717, 1.165) is 0 Å². The van der Waals surface area contributed by atoms with Gasteiger partial charge in [-0.2, -0.15) is 0 Å². The minimum atomic E-state index is -0.879. The highest BCUT2D eigenvalue weighted by molar-refractivity contribution is 6.32. The van der Waals surface area contributed by atoms with Crippen molar-refractivity contribution in [2.24, 2.45) is 0 Å². The summed E-state index contributed by atoms with van der Waals surface area (Å²) < 4.78 is 9.61. The van der Waals surface area contributed by atoms with Crippen LogP contribution in [0.25, 0.3) is 0 Å². The molecule has 1 rings (SSSR count). The van der Waals surface area contributed by atoms with Gasteiger partial charge in [0.2, 0.25) is 0 Å². The first-order valence-corrected chi connectivity index (χ1v) is 4.66. The smallest absolute Gasteiger partial charge is 0.396 e. The number of ether oxygens (including phenoxy) is 1. The van der Waals surface area contributed by atoms with Crippen LogP contribution < -0.4 is 5.32 Å². The van der Waals surface area contributed by atoms with Gasteiger partial charge in [0.05, 0.1) is 18.9 Å². The Morgan fingerprint density at radius 1 is 1.60 bits per heavy atom. The van der Waals surface area contributed by atoms with Crippen molar-refractivity contribution >= 4 is 11.9 Å². The van der Waals surface area contributed by atoms with Crippen molar-refractivity contribution in [3.05, 3.63) is 24.2 Å². The van der Waals surface area contributed by atoms with Gasteiger partial charge >= 0.3 is 11.9 Å². The maximum atomic E-state index is 11.2. The van der Waals surface area contributed by atoms with Gasteiger partial charge in [0.25, 0.3) is 0 Å². The summed E-state index contributed by atoms with van der Waals surface area (Å²) >= 11 is 0. The highest BCUT2D eigenvalue weighted by Crippen LogP contribution is 2.11. The fourth-order valence-electron chi connectivity index (χ4n) is 1.06. The van der Waals surface area contributed by atoms with E-state index in [-0.39, 0.29) is 12.6 Å². The van der Waals surface area contributed by atoms with Gasteiger partial charge in [-0.1, -0.05) is 0 Å². The Kier molecular flexibility index (Phi) is 3.91. The standard InChI is InChI=1S/C10H13NO4/c1-3-14-10(13)9(12)11-7(2)8-5-4-6-15-8/h4-7H,3H2,1-2H3,(H,11,12). The van der Waals surface area contributed by atoms with Crippen molar-refractivity contribution in [1.82, 2.24) is 5.32 Å². The monoisotopic (exact) mass is 211 g/mol. The maximum absolute atomic E-state index is 11.2. The molecule has 1 amide bonds. The molecule has 1 unspecified atom stereocenters. The van der Waals surface area contributed by atoms with E-state index in [2.05, 4.69) is 10.1 Å². The van der Waals surface area contributed by atoms with Crippen LogP contribution in [0.2, 0.25) is 0 Å². The zero-order valence-corrected chi connectivity index (χ0v) is 8.65. The summed E-state index contributed by atoms with van der Waals surface area (Å²) in [6.45, 7) is 3.54. The molecule has 0 saturated heterocycles. The molecule has 0 aliphatic rings. The van der Waals surface area contributed by atoms with Crippen LogP contribution in [0.1, 0.15) is 25.6 Å². The third-order valence-electron chi connectivity index (χ3n) is 1.78. The molecule has 0 radical (unpaired) electrons. The molecule has 0 aliphatic carbocycles. The zero-order valence-electron chi connectivity index (χ0n) is 8.65. The summed E-state index contributed by atoms with van der Waals surface area (Å²) in [6.07, 6.45) is 1.50. The van der Waals surface area contributed by atoms with Crippen LogP contribution in [0, 0.1) is 0 Å². The van der Waals surface area contributed by atoms with Crippen molar-refractivity contribution in [2.75, 3.05) is 6.61 Å². The first-order chi connectivity index (χ1) is 7.15. The van der Waals surface area contributed by atoms with Gasteiger partial charge in [-0.3, -0.25) is 4.79 Å². The van der Waals surface area contributed by atoms with Gasteiger partial charge in [0.1, 0.15) is 5.76 Å². The third kappa shape index (κ3) is 3.12. The van der Waals surface area contributed by atoms with E-state index in [4.69, 9.17) is 4.42 Å². The van der Waals surface area contributed by atoms with Gasteiger partial charge in [0.15, 0.2) is 0 Å². The van der Waals surface area contributed by atoms with Crippen molar-refractivity contribution in [2.45, 2.75) is 19.9 Å². The third-order valence-corrected chi connectivity index (χ3v) is 1.78. The normalized spacial score (nSPS) is 11.9. The van der Waals surface area contributed by atoms with Crippen LogP contribution in [-0.2, 0) is 14.3 Å². The quantitative estimate of drug-likeness (QED) is 0.598. The van der Waals surface area contributed by atoms with Gasteiger partial charge in [-0.15, -0.1) is 0 Å². The minimum absolute atomic E-state index is 0.182. The lowest BCUT2D eigenvalue weighted by atomic mass is 10.2. The van der Waals surface area contributed by atoms with Crippen LogP contribution >= 0.6 is 0 Å². The Morgan fingerprint density at radius 3 is 2.87 bits per heavy atom. The predicted molar refractivity (Wildman–Crippen MR) is 51.9 cm³/mol. The molecule has 82 valence electrons. The minimum Gasteiger partial charge on any atom is -0.467 e. The van der Waals surface area contributed by atoms with Crippen LogP contribution in [-0.4, -0.2) is 18.5 Å². The summed E-state index contributed by atoms with van der Waals surface area (Å²) in [7, 11) is 0. The van der Waals surface area contributed by atoms with Crippen LogP contribution in [0.3, 0.4) is 0 Å². The molecule has 1 N–H and O–H groups in total. The van der Waals surface area contributed by atoms with Crippen LogP contribution in [0.5, 0.6) is 0 Å². The first kappa shape index (κ1) is 11.3. The zero-order chi connectivity index (χ0) is 11.3. The van der Waals surface area contributed by atoms with Gasteiger partial charge in [0, 0.05) is 0 Å². The first-order valence-electron chi connectivity index (χ1n) is 4.66. The number of nitrogens with one attached hydrogen (secondary N) is 1. The van der Waals surface area contributed by atoms with Crippen molar-refractivity contribution in [3.63, 3.8) is 0 Å². The SMILES string of the molecule is CCOC(=O)C(=O)NC(C)c1ccco1.